The first-order valence-electron chi connectivity index (χ1n) is 47.1. The van der Waals surface area contributed by atoms with Gasteiger partial charge < -0.3 is 9.13 Å². The van der Waals surface area contributed by atoms with E-state index < -0.39 is 0 Å². The molecule has 24 aromatic rings. The van der Waals surface area contributed by atoms with Gasteiger partial charge in [0.1, 0.15) is 0 Å². The van der Waals surface area contributed by atoms with Crippen LogP contribution in [-0.2, 0) is 13.1 Å². The normalized spacial score (nSPS) is 11.6. The lowest BCUT2D eigenvalue weighted by Crippen LogP contribution is -1.93. The van der Waals surface area contributed by atoms with Crippen LogP contribution in [0.4, 0.5) is 0 Å². The van der Waals surface area contributed by atoms with Crippen LogP contribution in [0.1, 0.15) is 36.1 Å². The van der Waals surface area contributed by atoms with Gasteiger partial charge in [-0.15, -0.1) is 0 Å². The maximum atomic E-state index is 2.43. The SMILES string of the molecule is CCn1c2ccccc2c2cc(-c3ccc(-c4ccc(-c5c6ccc(-c7ccc(C)cc7)cc6c(-c6ccc(-c7ccc(-c8ccccc8)cc7)cc6)c6ccc(-c7ccc(C)cc7)cc56)cc4)cc3)ccc21.CCn1c2ccccc2c2cc(-c3ccc(-c4ccc(-c5c6ccc(-c7cccc(C)c7)cc6c(-c6ccccc6)c6ccc(-c7cccc(C)c7)cc56)cc4)cc3)ccc21. The fourth-order valence-corrected chi connectivity index (χ4v) is 21.0. The van der Waals surface area contributed by atoms with E-state index in [-0.39, 0.29) is 0 Å². The molecule has 2 aromatic heterocycles. The summed E-state index contributed by atoms with van der Waals surface area (Å²) in [4.78, 5) is 0. The molecular formula is C132H98N2. The first kappa shape index (κ1) is 81.9. The van der Waals surface area contributed by atoms with E-state index in [1.54, 1.807) is 0 Å². The number of aryl methyl sites for hydroxylation is 6. The molecule has 0 bridgehead atoms. The zero-order valence-electron chi connectivity index (χ0n) is 76.2. The molecule has 0 N–H and O–H groups in total. The molecule has 24 rings (SSSR count). The van der Waals surface area contributed by atoms with E-state index in [1.165, 1.54) is 265 Å². The van der Waals surface area contributed by atoms with Gasteiger partial charge in [0.25, 0.3) is 0 Å². The van der Waals surface area contributed by atoms with Crippen molar-refractivity contribution in [3.05, 3.63) is 483 Å². The molecule has 0 saturated carbocycles. The summed E-state index contributed by atoms with van der Waals surface area (Å²) in [7, 11) is 0. The summed E-state index contributed by atoms with van der Waals surface area (Å²) in [6.07, 6.45) is 0. The van der Waals surface area contributed by atoms with Gasteiger partial charge in [0.05, 0.1) is 0 Å². The molecule has 2 heteroatoms. The molecule has 0 fully saturated rings. The zero-order valence-corrected chi connectivity index (χ0v) is 76.2. The van der Waals surface area contributed by atoms with Crippen LogP contribution in [0, 0.1) is 27.7 Å². The number of nitrogens with zero attached hydrogens (tertiary/aromatic N) is 2. The van der Waals surface area contributed by atoms with Gasteiger partial charge in [0.2, 0.25) is 0 Å². The van der Waals surface area contributed by atoms with Crippen molar-refractivity contribution < 1.29 is 0 Å². The summed E-state index contributed by atoms with van der Waals surface area (Å²) < 4.78 is 4.83. The quantitative estimate of drug-likeness (QED) is 0.0854. The third-order valence-electron chi connectivity index (χ3n) is 27.9. The summed E-state index contributed by atoms with van der Waals surface area (Å²) >= 11 is 0. The van der Waals surface area contributed by atoms with Crippen molar-refractivity contribution in [2.24, 2.45) is 0 Å². The number of hydrogen-bond donors (Lipinski definition) is 0. The Morgan fingerprint density at radius 2 is 0.321 bits per heavy atom. The molecule has 2 nitrogen and oxygen atoms in total. The highest BCUT2D eigenvalue weighted by Crippen LogP contribution is 2.51. The third-order valence-corrected chi connectivity index (χ3v) is 27.9. The van der Waals surface area contributed by atoms with Crippen LogP contribution in [0.25, 0.3) is 242 Å². The summed E-state index contributed by atoms with van der Waals surface area (Å²) in [6, 6.07) is 172. The molecule has 2 heterocycles. The van der Waals surface area contributed by atoms with Crippen LogP contribution in [0.5, 0.6) is 0 Å². The smallest absolute Gasteiger partial charge is 0.0491 e. The number of benzene rings is 22. The lowest BCUT2D eigenvalue weighted by molar-refractivity contribution is 0.827. The number of fused-ring (bicyclic) bond motifs is 10. The van der Waals surface area contributed by atoms with Crippen molar-refractivity contribution in [2.75, 3.05) is 0 Å². The van der Waals surface area contributed by atoms with E-state index in [2.05, 4.69) is 512 Å². The van der Waals surface area contributed by atoms with E-state index >= 15 is 0 Å². The fourth-order valence-electron chi connectivity index (χ4n) is 21.0. The number of aromatic nitrogens is 2. The van der Waals surface area contributed by atoms with Crippen molar-refractivity contribution >= 4 is 86.7 Å². The summed E-state index contributed by atoms with van der Waals surface area (Å²) in [5, 5.41) is 15.2. The topological polar surface area (TPSA) is 9.86 Å². The van der Waals surface area contributed by atoms with Gasteiger partial charge >= 0.3 is 0 Å². The largest absolute Gasteiger partial charge is 0.341 e. The molecule has 22 aromatic carbocycles. The van der Waals surface area contributed by atoms with Crippen molar-refractivity contribution in [2.45, 2.75) is 54.6 Å². The van der Waals surface area contributed by atoms with Gasteiger partial charge in [-0.3, -0.25) is 0 Å². The molecule has 134 heavy (non-hydrogen) atoms. The highest BCUT2D eigenvalue weighted by Gasteiger charge is 2.24. The predicted octanol–water partition coefficient (Wildman–Crippen LogP) is 36.8. The molecule has 0 saturated heterocycles. The summed E-state index contributed by atoms with van der Waals surface area (Å²) in [6.45, 7) is 15.0. The minimum atomic E-state index is 0.944. The predicted molar refractivity (Wildman–Crippen MR) is 575 cm³/mol. The molecule has 0 atom stereocenters. The van der Waals surface area contributed by atoms with Crippen LogP contribution < -0.4 is 0 Å². The second kappa shape index (κ2) is 34.7. The third kappa shape index (κ3) is 15.2. The van der Waals surface area contributed by atoms with Crippen molar-refractivity contribution in [1.29, 1.82) is 0 Å². The highest BCUT2D eigenvalue weighted by atomic mass is 15.0. The molecule has 636 valence electrons. The molecular weight excluding hydrogens is 1610 g/mol. The minimum Gasteiger partial charge on any atom is -0.341 e. The highest BCUT2D eigenvalue weighted by molar-refractivity contribution is 6.25. The zero-order chi connectivity index (χ0) is 90.0. The van der Waals surface area contributed by atoms with Crippen molar-refractivity contribution in [1.82, 2.24) is 9.13 Å². The molecule has 0 aliphatic heterocycles. The van der Waals surface area contributed by atoms with Crippen LogP contribution >= 0.6 is 0 Å². The Morgan fingerprint density at radius 3 is 0.612 bits per heavy atom. The van der Waals surface area contributed by atoms with E-state index in [0.29, 0.717) is 0 Å². The van der Waals surface area contributed by atoms with Gasteiger partial charge in [0.15, 0.2) is 0 Å². The Hall–Kier alpha value is -16.5. The number of para-hydroxylation sites is 2. The summed E-state index contributed by atoms with van der Waals surface area (Å²) in [5.74, 6) is 0. The molecule has 0 aliphatic rings. The molecule has 0 amide bonds. The van der Waals surface area contributed by atoms with Crippen LogP contribution in [0.2, 0.25) is 0 Å². The summed E-state index contributed by atoms with van der Waals surface area (Å²) in [5.41, 5.74) is 44.3. The van der Waals surface area contributed by atoms with E-state index in [4.69, 9.17) is 0 Å². The monoisotopic (exact) mass is 1710 g/mol. The molecule has 0 radical (unpaired) electrons. The Kier molecular flexibility index (Phi) is 21.2. The minimum absolute atomic E-state index is 0.944. The van der Waals surface area contributed by atoms with Gasteiger partial charge in [-0.1, -0.05) is 423 Å². The maximum absolute atomic E-state index is 2.43. The second-order valence-electron chi connectivity index (χ2n) is 36.2. The van der Waals surface area contributed by atoms with Crippen LogP contribution in [0.3, 0.4) is 0 Å². The van der Waals surface area contributed by atoms with E-state index in [9.17, 15) is 0 Å². The molecule has 0 aliphatic carbocycles. The average Bonchev–Trinajstić information content (AvgIpc) is 1.73. The van der Waals surface area contributed by atoms with Crippen LogP contribution in [-0.4, -0.2) is 9.13 Å². The van der Waals surface area contributed by atoms with E-state index in [1.807, 2.05) is 0 Å². The van der Waals surface area contributed by atoms with Gasteiger partial charge in [0, 0.05) is 56.7 Å². The lowest BCUT2D eigenvalue weighted by Gasteiger charge is -2.20. The average molecular weight is 1710 g/mol. The van der Waals surface area contributed by atoms with Gasteiger partial charge in [-0.25, -0.2) is 0 Å². The Bertz CT molecular complexity index is 8610. The molecule has 0 spiro atoms. The maximum Gasteiger partial charge on any atom is 0.0491 e. The van der Waals surface area contributed by atoms with Crippen LogP contribution in [0.15, 0.2) is 461 Å². The first-order chi connectivity index (χ1) is 65.9. The van der Waals surface area contributed by atoms with E-state index in [0.717, 1.165) is 13.1 Å². The number of hydrogen-bond acceptors (Lipinski definition) is 0. The van der Waals surface area contributed by atoms with Gasteiger partial charge in [-0.05, 0) is 301 Å². The van der Waals surface area contributed by atoms with Crippen molar-refractivity contribution in [3.63, 3.8) is 0 Å². The fraction of sp³-hybridized carbons (Fsp3) is 0.0606. The first-order valence-corrected chi connectivity index (χ1v) is 47.1. The lowest BCUT2D eigenvalue weighted by atomic mass is 9.83. The second-order valence-corrected chi connectivity index (χ2v) is 36.2. The number of rotatable bonds is 16. The van der Waals surface area contributed by atoms with Gasteiger partial charge in [-0.2, -0.15) is 0 Å². The Morgan fingerprint density at radius 1 is 0.127 bits per heavy atom. The molecule has 0 unspecified atom stereocenters. The Balaban J connectivity index is 0.000000154. The Labute approximate surface area is 784 Å². The van der Waals surface area contributed by atoms with Crippen molar-refractivity contribution in [3.8, 4) is 156 Å². The standard InChI is InChI=1S/C72H53N.C60H45N/c1-4-73-69-13-9-8-12-63(69)66-44-62(40-43-70(66)73)57-28-26-52(27-29-57)54-32-36-59(37-33-54)72-65-42-39-60(55-18-14-47(2)15-19-55)45-67(65)71(64-41-38-61(46-68(64)72)56-20-16-48(3)17-21-56)58-34-30-53(31-35-58)51-24-22-50(23-25-51)49-10-6-5-7-11-49;1-4-61-57-19-9-8-18-51(57)54-36-48(30-33-58(54)61)43-22-20-41(21-23-43)42-24-26-45(27-25-42)60-53-32-29-49(46-16-10-12-39(2)34-46)37-55(53)59(44-14-6-5-7-15-44)52-31-28-50(38-56(52)60)47-17-11-13-40(3)35-47/h5-46H,4H2,1-3H3;5-38H,4H2,1-3H3.